The highest BCUT2D eigenvalue weighted by Crippen LogP contribution is 2.50. The van der Waals surface area contributed by atoms with E-state index in [4.69, 9.17) is 19.4 Å². The number of aromatic hydroxyl groups is 1. The third kappa shape index (κ3) is 9.47. The lowest BCUT2D eigenvalue weighted by molar-refractivity contribution is -0.134. The summed E-state index contributed by atoms with van der Waals surface area (Å²) in [6, 6.07) is 9.35. The number of rotatable bonds is 12. The second-order valence-corrected chi connectivity index (χ2v) is 22.4. The number of aromatic nitrogens is 3. The number of piperazine rings is 1. The summed E-state index contributed by atoms with van der Waals surface area (Å²) in [6.45, 7) is 7.92. The molecule has 3 atom stereocenters. The molecule has 386 valence electrons. The van der Waals surface area contributed by atoms with Crippen molar-refractivity contribution in [1.29, 1.82) is 0 Å². The Morgan fingerprint density at radius 1 is 0.795 bits per heavy atom. The van der Waals surface area contributed by atoms with E-state index in [1.165, 1.54) is 24.3 Å². The first-order chi connectivity index (χ1) is 35.3. The van der Waals surface area contributed by atoms with E-state index in [1.54, 1.807) is 18.3 Å². The maximum Gasteiger partial charge on any atom is 0.319 e. The molecule has 2 aliphatic carbocycles. The number of benzene rings is 3. The van der Waals surface area contributed by atoms with Crippen LogP contribution in [0.15, 0.2) is 42.6 Å². The molecule has 2 saturated carbocycles. The Labute approximate surface area is 422 Å². The lowest BCUT2D eigenvalue weighted by atomic mass is 9.67. The number of likely N-dealkylation sites (tertiary alicyclic amines) is 1. The number of phenols is 1. The minimum Gasteiger partial charge on any atom is -0.508 e. The molecular weight excluding hydrogens is 941 g/mol. The number of hydrogen-bond donors (Lipinski definition) is 3. The van der Waals surface area contributed by atoms with Crippen LogP contribution in [0.5, 0.6) is 11.8 Å². The summed E-state index contributed by atoms with van der Waals surface area (Å²) in [7, 11) is 0. The van der Waals surface area contributed by atoms with Crippen molar-refractivity contribution >= 4 is 45.0 Å². The van der Waals surface area contributed by atoms with Gasteiger partial charge in [-0.1, -0.05) is 13.0 Å². The van der Waals surface area contributed by atoms with E-state index in [1.807, 2.05) is 11.8 Å². The van der Waals surface area contributed by atoms with Crippen molar-refractivity contribution in [3.05, 3.63) is 77.0 Å². The Bertz CT molecular complexity index is 2930. The molecule has 2 aromatic heterocycles. The third-order valence-electron chi connectivity index (χ3n) is 17.7. The SMILES string of the molecule is CCc1c(F)ccc2cc(O)cc(-c3ncc4c(N5CC6CCC(C5)N6)nc(OCC5(CN6CCC7(CCC(OC8CCN(c9cc(F)c(C%10CCC(=O)NC%10=O)c(F)c9)CC8)CC7)CC6)CC5)nc4c3F)c12. The number of halogens is 4. The van der Waals surface area contributed by atoms with Crippen LogP contribution in [0, 0.1) is 34.1 Å². The van der Waals surface area contributed by atoms with Gasteiger partial charge in [-0.3, -0.25) is 19.9 Å². The lowest BCUT2D eigenvalue weighted by Crippen LogP contribution is -2.51. The number of pyridine rings is 1. The molecule has 0 radical (unpaired) electrons. The van der Waals surface area contributed by atoms with E-state index < -0.39 is 41.0 Å². The maximum atomic E-state index is 17.2. The summed E-state index contributed by atoms with van der Waals surface area (Å²) < 4.78 is 76.2. The number of nitrogens with one attached hydrogen (secondary N) is 2. The zero-order chi connectivity index (χ0) is 50.2. The summed E-state index contributed by atoms with van der Waals surface area (Å²) in [5.41, 5.74) is 1.26. The highest BCUT2D eigenvalue weighted by Gasteiger charge is 2.47. The number of fused-ring (bicyclic) bond motifs is 4. The molecule has 3 unspecified atom stereocenters. The molecule has 2 amide bonds. The van der Waals surface area contributed by atoms with Gasteiger partial charge in [-0.05, 0) is 155 Å². The number of aryl methyl sites for hydroxylation is 1. The molecule has 3 N–H and O–H groups in total. The van der Waals surface area contributed by atoms with Gasteiger partial charge in [0, 0.05) is 79.7 Å². The summed E-state index contributed by atoms with van der Waals surface area (Å²) in [5.74, 6) is -4.15. The van der Waals surface area contributed by atoms with Gasteiger partial charge in [-0.25, -0.2) is 17.6 Å². The van der Waals surface area contributed by atoms with Gasteiger partial charge in [0.05, 0.1) is 30.1 Å². The predicted molar refractivity (Wildman–Crippen MR) is 269 cm³/mol. The van der Waals surface area contributed by atoms with Gasteiger partial charge in [-0.15, -0.1) is 0 Å². The van der Waals surface area contributed by atoms with Gasteiger partial charge >= 0.3 is 6.01 Å². The van der Waals surface area contributed by atoms with Crippen molar-refractivity contribution in [2.75, 3.05) is 62.2 Å². The molecule has 5 aliphatic heterocycles. The molecule has 7 aliphatic rings. The van der Waals surface area contributed by atoms with Crippen LogP contribution in [-0.4, -0.2) is 113 Å². The van der Waals surface area contributed by atoms with Gasteiger partial charge in [-0.2, -0.15) is 9.97 Å². The number of amides is 2. The topological polar surface area (TPSA) is 145 Å². The zero-order valence-electron chi connectivity index (χ0n) is 41.5. The number of piperidine rings is 3. The molecule has 7 fully saturated rings. The minimum atomic E-state index is -1.02. The second kappa shape index (κ2) is 19.2. The molecule has 3 aromatic carbocycles. The Morgan fingerprint density at radius 2 is 1.51 bits per heavy atom. The van der Waals surface area contributed by atoms with E-state index in [-0.39, 0.29) is 59.0 Å². The monoisotopic (exact) mass is 1000 g/mol. The van der Waals surface area contributed by atoms with Crippen molar-refractivity contribution in [2.24, 2.45) is 10.8 Å². The fraction of sp³-hybridized carbons (Fsp3) is 0.554. The first kappa shape index (κ1) is 48.3. The Morgan fingerprint density at radius 3 is 2.19 bits per heavy atom. The first-order valence-electron chi connectivity index (χ1n) is 26.7. The molecule has 7 heterocycles. The van der Waals surface area contributed by atoms with Crippen LogP contribution in [0.1, 0.15) is 114 Å². The predicted octanol–water partition coefficient (Wildman–Crippen LogP) is 9.00. The van der Waals surface area contributed by atoms with Crippen LogP contribution >= 0.6 is 0 Å². The number of nitrogens with zero attached hydrogens (tertiary/aromatic N) is 6. The van der Waals surface area contributed by atoms with E-state index in [0.717, 1.165) is 110 Å². The smallest absolute Gasteiger partial charge is 0.319 e. The standard InChI is InChI=1S/C56H64F4N8O5/c1-2-39-43(57)7-3-32-23-36(69)26-41(47(32)39)50-49(60)51-42(27-61-50)52(68-28-33-4-5-34(29-68)62-33)65-54(64-51)72-31-56(15-16-56)30-66-21-17-55(18-22-66)13-9-37(10-14-55)73-38-11-19-67(20-12-38)35-24-44(58)48(45(59)25-35)40-6-8-46(70)63-53(40)71/h3,7,23-27,33-34,37-38,40,62,69H,2,4-6,8-22,28-31H2,1H3,(H,63,70,71). The number of carbonyl (C=O) groups excluding carboxylic acids is 2. The molecule has 5 saturated heterocycles. The normalized spacial score (nSPS) is 24.5. The van der Waals surface area contributed by atoms with Crippen LogP contribution < -0.4 is 25.2 Å². The average Bonchev–Trinajstić information content (AvgIpc) is 4.07. The fourth-order valence-electron chi connectivity index (χ4n) is 13.3. The molecule has 1 spiro atoms. The van der Waals surface area contributed by atoms with Crippen molar-refractivity contribution in [3.63, 3.8) is 0 Å². The van der Waals surface area contributed by atoms with Crippen LogP contribution in [-0.2, 0) is 20.7 Å². The van der Waals surface area contributed by atoms with Crippen molar-refractivity contribution < 1.29 is 41.7 Å². The molecule has 12 rings (SSSR count). The van der Waals surface area contributed by atoms with E-state index >= 15 is 17.6 Å². The number of anilines is 2. The quantitative estimate of drug-likeness (QED) is 0.0811. The maximum absolute atomic E-state index is 17.2. The number of carbonyl (C=O) groups is 2. The number of phenolic OH excluding ortho intramolecular Hbond substituents is 1. The van der Waals surface area contributed by atoms with E-state index in [2.05, 4.69) is 25.4 Å². The van der Waals surface area contributed by atoms with Crippen molar-refractivity contribution in [1.82, 2.24) is 30.5 Å². The first-order valence-corrected chi connectivity index (χ1v) is 26.7. The second-order valence-electron chi connectivity index (χ2n) is 22.4. The highest BCUT2D eigenvalue weighted by molar-refractivity contribution is 6.02. The van der Waals surface area contributed by atoms with Gasteiger partial charge in [0.1, 0.15) is 40.2 Å². The summed E-state index contributed by atoms with van der Waals surface area (Å²) in [4.78, 5) is 45.1. The molecule has 5 aromatic rings. The summed E-state index contributed by atoms with van der Waals surface area (Å²) in [6.07, 6.45) is 14.8. The molecular formula is C56H64F4N8O5. The largest absolute Gasteiger partial charge is 0.508 e. The number of ether oxygens (including phenoxy) is 2. The van der Waals surface area contributed by atoms with Gasteiger partial charge in [0.2, 0.25) is 11.8 Å². The summed E-state index contributed by atoms with van der Waals surface area (Å²) >= 11 is 0. The van der Waals surface area contributed by atoms with Crippen LogP contribution in [0.3, 0.4) is 0 Å². The van der Waals surface area contributed by atoms with Crippen molar-refractivity contribution in [2.45, 2.75) is 133 Å². The van der Waals surface area contributed by atoms with Crippen LogP contribution in [0.25, 0.3) is 32.9 Å². The summed E-state index contributed by atoms with van der Waals surface area (Å²) in [5, 5.41) is 18.2. The molecule has 13 nitrogen and oxygen atoms in total. The zero-order valence-corrected chi connectivity index (χ0v) is 41.5. The van der Waals surface area contributed by atoms with Gasteiger partial charge < -0.3 is 34.6 Å². The third-order valence-corrected chi connectivity index (χ3v) is 17.7. The minimum absolute atomic E-state index is 0.0157. The van der Waals surface area contributed by atoms with E-state index in [0.29, 0.717) is 82.4 Å². The van der Waals surface area contributed by atoms with Gasteiger partial charge in [0.25, 0.3) is 0 Å². The van der Waals surface area contributed by atoms with Crippen LogP contribution in [0.2, 0.25) is 0 Å². The lowest BCUT2D eigenvalue weighted by Gasteiger charge is -2.47. The average molecular weight is 1010 g/mol. The fourth-order valence-corrected chi connectivity index (χ4v) is 13.3. The highest BCUT2D eigenvalue weighted by atomic mass is 19.1. The number of hydrogen-bond acceptors (Lipinski definition) is 12. The van der Waals surface area contributed by atoms with Gasteiger partial charge in [0.15, 0.2) is 5.82 Å². The van der Waals surface area contributed by atoms with Crippen LogP contribution in [0.4, 0.5) is 29.1 Å². The number of imide groups is 1. The Balaban J connectivity index is 0.666. The molecule has 2 bridgehead atoms. The van der Waals surface area contributed by atoms with Crippen molar-refractivity contribution in [3.8, 4) is 23.0 Å². The van der Waals surface area contributed by atoms with E-state index in [9.17, 15) is 14.7 Å². The molecule has 73 heavy (non-hydrogen) atoms. The Hall–Kier alpha value is -5.65. The molecule has 17 heteroatoms. The Kier molecular flexibility index (Phi) is 12.7.